The molecule has 4 nitrogen and oxygen atoms in total. The van der Waals surface area contributed by atoms with E-state index in [4.69, 9.17) is 16.0 Å². The molecule has 0 aliphatic rings. The Labute approximate surface area is 115 Å². The summed E-state index contributed by atoms with van der Waals surface area (Å²) in [5.41, 5.74) is 1.75. The van der Waals surface area contributed by atoms with Gasteiger partial charge in [-0.25, -0.2) is 4.98 Å². The van der Waals surface area contributed by atoms with Crippen molar-refractivity contribution >= 4 is 23.3 Å². The smallest absolute Gasteiger partial charge is 0.299 e. The van der Waals surface area contributed by atoms with Gasteiger partial charge >= 0.3 is 0 Å². The van der Waals surface area contributed by atoms with Crippen LogP contribution in [0.2, 0.25) is 5.02 Å². The van der Waals surface area contributed by atoms with E-state index in [0.29, 0.717) is 16.8 Å². The largest absolute Gasteiger partial charge is 0.423 e. The fourth-order valence-electron chi connectivity index (χ4n) is 1.64. The molecule has 2 aromatic heterocycles. The van der Waals surface area contributed by atoms with E-state index in [1.165, 1.54) is 0 Å². The van der Waals surface area contributed by atoms with E-state index in [0.717, 1.165) is 11.3 Å². The van der Waals surface area contributed by atoms with Gasteiger partial charge in [0.25, 0.3) is 6.01 Å². The minimum Gasteiger partial charge on any atom is -0.423 e. The Morgan fingerprint density at radius 1 is 1.05 bits per heavy atom. The molecule has 0 amide bonds. The highest BCUT2D eigenvalue weighted by Gasteiger charge is 2.06. The van der Waals surface area contributed by atoms with Crippen LogP contribution in [0.1, 0.15) is 0 Å². The average molecular weight is 272 g/mol. The van der Waals surface area contributed by atoms with Crippen molar-refractivity contribution in [2.45, 2.75) is 0 Å². The molecule has 0 saturated heterocycles. The first-order valence-corrected chi connectivity index (χ1v) is 6.08. The third kappa shape index (κ3) is 2.74. The predicted molar refractivity (Wildman–Crippen MR) is 74.5 cm³/mol. The average Bonchev–Trinajstić information content (AvgIpc) is 2.89. The van der Waals surface area contributed by atoms with Crippen molar-refractivity contribution in [1.29, 1.82) is 0 Å². The Kier molecular flexibility index (Phi) is 3.16. The van der Waals surface area contributed by atoms with Crippen LogP contribution >= 0.6 is 11.6 Å². The second kappa shape index (κ2) is 5.12. The van der Waals surface area contributed by atoms with Crippen LogP contribution in [0, 0.1) is 0 Å². The molecule has 0 atom stereocenters. The van der Waals surface area contributed by atoms with Crippen LogP contribution in [-0.2, 0) is 0 Å². The molecule has 0 bridgehead atoms. The lowest BCUT2D eigenvalue weighted by Gasteiger charge is -1.99. The lowest BCUT2D eigenvalue weighted by molar-refractivity contribution is 0.592. The molecule has 3 rings (SSSR count). The summed E-state index contributed by atoms with van der Waals surface area (Å²) < 4.78 is 5.62. The molecule has 0 aliphatic carbocycles. The van der Waals surface area contributed by atoms with Gasteiger partial charge in [-0.2, -0.15) is 0 Å². The summed E-state index contributed by atoms with van der Waals surface area (Å²) in [5.74, 6) is 0.683. The molecular formula is C14H10ClN3O. The molecule has 94 valence electrons. The standard InChI is InChI=1S/C14H10ClN3O/c15-11-5-3-10(4-6-11)13-9-17-14(19-13)18-12-2-1-7-16-8-12/h1-9H,(H,17,18). The van der Waals surface area contributed by atoms with Crippen LogP contribution in [0.25, 0.3) is 11.3 Å². The number of aromatic nitrogens is 2. The van der Waals surface area contributed by atoms with Gasteiger partial charge in [0.15, 0.2) is 5.76 Å². The zero-order valence-corrected chi connectivity index (χ0v) is 10.6. The van der Waals surface area contributed by atoms with Gasteiger partial charge in [0, 0.05) is 16.8 Å². The fourth-order valence-corrected chi connectivity index (χ4v) is 1.77. The number of nitrogens with zero attached hydrogens (tertiary/aromatic N) is 2. The maximum atomic E-state index is 5.85. The highest BCUT2D eigenvalue weighted by atomic mass is 35.5. The Bertz CT molecular complexity index is 665. The number of hydrogen-bond acceptors (Lipinski definition) is 4. The third-order valence-corrected chi connectivity index (χ3v) is 2.80. The first-order valence-electron chi connectivity index (χ1n) is 5.70. The molecular weight excluding hydrogens is 262 g/mol. The zero-order valence-electron chi connectivity index (χ0n) is 9.88. The Balaban J connectivity index is 1.82. The number of pyridine rings is 1. The van der Waals surface area contributed by atoms with Gasteiger partial charge in [-0.3, -0.25) is 4.98 Å². The summed E-state index contributed by atoms with van der Waals surface area (Å²) in [6.45, 7) is 0. The van der Waals surface area contributed by atoms with Gasteiger partial charge in [-0.1, -0.05) is 11.6 Å². The maximum absolute atomic E-state index is 5.85. The van der Waals surface area contributed by atoms with Crippen molar-refractivity contribution in [3.63, 3.8) is 0 Å². The second-order valence-electron chi connectivity index (χ2n) is 3.90. The Morgan fingerprint density at radius 3 is 2.63 bits per heavy atom. The van der Waals surface area contributed by atoms with Crippen LogP contribution in [0.3, 0.4) is 0 Å². The number of benzene rings is 1. The first kappa shape index (κ1) is 11.7. The third-order valence-electron chi connectivity index (χ3n) is 2.55. The van der Waals surface area contributed by atoms with Gasteiger partial charge in [-0.05, 0) is 36.4 Å². The summed E-state index contributed by atoms with van der Waals surface area (Å²) >= 11 is 5.85. The molecule has 1 aromatic carbocycles. The summed E-state index contributed by atoms with van der Waals surface area (Å²) in [4.78, 5) is 8.18. The molecule has 0 fully saturated rings. The predicted octanol–water partition coefficient (Wildman–Crippen LogP) is 4.13. The molecule has 0 unspecified atom stereocenters. The SMILES string of the molecule is Clc1ccc(-c2cnc(Nc3cccnc3)o2)cc1. The quantitative estimate of drug-likeness (QED) is 0.778. The number of anilines is 2. The molecule has 19 heavy (non-hydrogen) atoms. The molecule has 5 heteroatoms. The number of rotatable bonds is 3. The van der Waals surface area contributed by atoms with Crippen molar-refractivity contribution < 1.29 is 4.42 Å². The van der Waals surface area contributed by atoms with Crippen LogP contribution in [0.4, 0.5) is 11.7 Å². The number of oxazole rings is 1. The summed E-state index contributed by atoms with van der Waals surface area (Å²) in [7, 11) is 0. The molecule has 0 saturated carbocycles. The van der Waals surface area contributed by atoms with Crippen LogP contribution in [0.15, 0.2) is 59.4 Å². The summed E-state index contributed by atoms with van der Waals surface area (Å²) in [5, 5.41) is 3.73. The Hall–Kier alpha value is -2.33. The van der Waals surface area contributed by atoms with Gasteiger partial charge in [0.2, 0.25) is 0 Å². The minimum absolute atomic E-state index is 0.429. The second-order valence-corrected chi connectivity index (χ2v) is 4.34. The maximum Gasteiger partial charge on any atom is 0.299 e. The number of nitrogens with one attached hydrogen (secondary N) is 1. The van der Waals surface area contributed by atoms with E-state index in [9.17, 15) is 0 Å². The Morgan fingerprint density at radius 2 is 1.89 bits per heavy atom. The van der Waals surface area contributed by atoms with Crippen molar-refractivity contribution in [3.05, 3.63) is 60.0 Å². The van der Waals surface area contributed by atoms with E-state index in [1.807, 2.05) is 36.4 Å². The highest BCUT2D eigenvalue weighted by Crippen LogP contribution is 2.25. The molecule has 1 N–H and O–H groups in total. The van der Waals surface area contributed by atoms with E-state index in [1.54, 1.807) is 18.6 Å². The molecule has 0 aliphatic heterocycles. The van der Waals surface area contributed by atoms with Crippen molar-refractivity contribution in [2.24, 2.45) is 0 Å². The van der Waals surface area contributed by atoms with Crippen molar-refractivity contribution in [1.82, 2.24) is 9.97 Å². The normalized spacial score (nSPS) is 10.4. The topological polar surface area (TPSA) is 51.0 Å². The minimum atomic E-state index is 0.429. The molecule has 2 heterocycles. The molecule has 0 spiro atoms. The van der Waals surface area contributed by atoms with Crippen molar-refractivity contribution in [3.8, 4) is 11.3 Å². The van der Waals surface area contributed by atoms with Gasteiger partial charge in [0.05, 0.1) is 18.1 Å². The number of hydrogen-bond donors (Lipinski definition) is 1. The molecule has 3 aromatic rings. The van der Waals surface area contributed by atoms with E-state index < -0.39 is 0 Å². The van der Waals surface area contributed by atoms with Crippen LogP contribution in [-0.4, -0.2) is 9.97 Å². The summed E-state index contributed by atoms with van der Waals surface area (Å²) in [6, 6.07) is 11.6. The van der Waals surface area contributed by atoms with Gasteiger partial charge in [-0.15, -0.1) is 0 Å². The zero-order chi connectivity index (χ0) is 13.1. The first-order chi connectivity index (χ1) is 9.31. The van der Waals surface area contributed by atoms with Gasteiger partial charge < -0.3 is 9.73 Å². The van der Waals surface area contributed by atoms with E-state index >= 15 is 0 Å². The fraction of sp³-hybridized carbons (Fsp3) is 0. The van der Waals surface area contributed by atoms with Crippen LogP contribution in [0.5, 0.6) is 0 Å². The monoisotopic (exact) mass is 271 g/mol. The summed E-state index contributed by atoms with van der Waals surface area (Å²) in [6.07, 6.45) is 5.08. The number of halogens is 1. The van der Waals surface area contributed by atoms with Crippen molar-refractivity contribution in [2.75, 3.05) is 5.32 Å². The molecule has 0 radical (unpaired) electrons. The van der Waals surface area contributed by atoms with Gasteiger partial charge in [0.1, 0.15) is 0 Å². The lowest BCUT2D eigenvalue weighted by atomic mass is 10.2. The highest BCUT2D eigenvalue weighted by molar-refractivity contribution is 6.30. The van der Waals surface area contributed by atoms with E-state index in [-0.39, 0.29) is 0 Å². The van der Waals surface area contributed by atoms with Crippen LogP contribution < -0.4 is 5.32 Å². The van der Waals surface area contributed by atoms with E-state index in [2.05, 4.69) is 15.3 Å². The lowest BCUT2D eigenvalue weighted by Crippen LogP contribution is -1.89.